The lowest BCUT2D eigenvalue weighted by Crippen LogP contribution is -2.32. The normalized spacial score (nSPS) is 12.0. The highest BCUT2D eigenvalue weighted by molar-refractivity contribution is 5.94. The summed E-state index contributed by atoms with van der Waals surface area (Å²) >= 11 is 0. The largest absolute Gasteiger partial charge is 0.496 e. The summed E-state index contributed by atoms with van der Waals surface area (Å²) in [6.07, 6.45) is 0. The summed E-state index contributed by atoms with van der Waals surface area (Å²) in [5, 5.41) is 2.71. The van der Waals surface area contributed by atoms with Gasteiger partial charge in [0.25, 0.3) is 0 Å². The molecule has 1 unspecified atom stereocenters. The number of ether oxygens (including phenoxy) is 1. The minimum atomic E-state index is -0.507. The standard InChI is InChI=1S/C11H16N2O2/c1-7-6-9(4-5-10(7)15-3)13-11(14)8(2)12/h4-6,8H,12H2,1-3H3,(H,13,14). The van der Waals surface area contributed by atoms with Crippen LogP contribution in [0.5, 0.6) is 5.75 Å². The van der Waals surface area contributed by atoms with Crippen molar-refractivity contribution in [2.24, 2.45) is 5.73 Å². The topological polar surface area (TPSA) is 64.3 Å². The van der Waals surface area contributed by atoms with Crippen LogP contribution in [0.2, 0.25) is 0 Å². The fourth-order valence-corrected chi connectivity index (χ4v) is 1.21. The van der Waals surface area contributed by atoms with Gasteiger partial charge in [0, 0.05) is 5.69 Å². The van der Waals surface area contributed by atoms with Crippen molar-refractivity contribution in [2.75, 3.05) is 12.4 Å². The second-order valence-electron chi connectivity index (χ2n) is 3.46. The fraction of sp³-hybridized carbons (Fsp3) is 0.364. The second kappa shape index (κ2) is 4.79. The van der Waals surface area contributed by atoms with Crippen LogP contribution in [-0.2, 0) is 4.79 Å². The van der Waals surface area contributed by atoms with Crippen molar-refractivity contribution in [1.82, 2.24) is 0 Å². The van der Waals surface area contributed by atoms with Gasteiger partial charge in [-0.3, -0.25) is 4.79 Å². The molecule has 1 rings (SSSR count). The Morgan fingerprint density at radius 2 is 2.20 bits per heavy atom. The molecule has 3 N–H and O–H groups in total. The lowest BCUT2D eigenvalue weighted by molar-refractivity contribution is -0.117. The smallest absolute Gasteiger partial charge is 0.240 e. The van der Waals surface area contributed by atoms with Crippen LogP contribution in [-0.4, -0.2) is 19.1 Å². The van der Waals surface area contributed by atoms with Crippen LogP contribution in [0.4, 0.5) is 5.69 Å². The van der Waals surface area contributed by atoms with Gasteiger partial charge >= 0.3 is 0 Å². The Balaban J connectivity index is 2.80. The van der Waals surface area contributed by atoms with Gasteiger partial charge < -0.3 is 15.8 Å². The highest BCUT2D eigenvalue weighted by Crippen LogP contribution is 2.21. The molecule has 1 atom stereocenters. The molecule has 0 aromatic heterocycles. The molecule has 0 bridgehead atoms. The van der Waals surface area contributed by atoms with Crippen molar-refractivity contribution in [3.8, 4) is 5.75 Å². The van der Waals surface area contributed by atoms with Gasteiger partial charge in [-0.1, -0.05) is 0 Å². The predicted molar refractivity (Wildman–Crippen MR) is 60.0 cm³/mol. The van der Waals surface area contributed by atoms with Gasteiger partial charge in [-0.25, -0.2) is 0 Å². The minimum Gasteiger partial charge on any atom is -0.496 e. The van der Waals surface area contributed by atoms with Crippen LogP contribution in [0.25, 0.3) is 0 Å². The average Bonchev–Trinajstić information content (AvgIpc) is 2.18. The number of methoxy groups -OCH3 is 1. The molecule has 1 amide bonds. The third-order valence-electron chi connectivity index (χ3n) is 2.08. The summed E-state index contributed by atoms with van der Waals surface area (Å²) in [5.41, 5.74) is 7.15. The molecule has 0 spiro atoms. The lowest BCUT2D eigenvalue weighted by Gasteiger charge is -2.10. The fourth-order valence-electron chi connectivity index (χ4n) is 1.21. The van der Waals surface area contributed by atoms with Crippen molar-refractivity contribution in [3.63, 3.8) is 0 Å². The first kappa shape index (κ1) is 11.5. The maximum absolute atomic E-state index is 11.3. The first-order valence-corrected chi connectivity index (χ1v) is 4.75. The van der Waals surface area contributed by atoms with E-state index < -0.39 is 6.04 Å². The number of hydrogen-bond donors (Lipinski definition) is 2. The first-order valence-electron chi connectivity index (χ1n) is 4.75. The number of nitrogens with two attached hydrogens (primary N) is 1. The van der Waals surface area contributed by atoms with Gasteiger partial charge in [0.15, 0.2) is 0 Å². The highest BCUT2D eigenvalue weighted by Gasteiger charge is 2.08. The maximum atomic E-state index is 11.3. The molecule has 0 radical (unpaired) electrons. The summed E-state index contributed by atoms with van der Waals surface area (Å²) in [6.45, 7) is 3.56. The quantitative estimate of drug-likeness (QED) is 0.786. The molecule has 15 heavy (non-hydrogen) atoms. The third kappa shape index (κ3) is 2.95. The SMILES string of the molecule is COc1ccc(NC(=O)C(C)N)cc1C. The lowest BCUT2D eigenvalue weighted by atomic mass is 10.2. The van der Waals surface area contributed by atoms with Crippen LogP contribution in [0.3, 0.4) is 0 Å². The number of hydrogen-bond acceptors (Lipinski definition) is 3. The molecule has 0 fully saturated rings. The van der Waals surface area contributed by atoms with Crippen molar-refractivity contribution in [1.29, 1.82) is 0 Å². The number of rotatable bonds is 3. The van der Waals surface area contributed by atoms with E-state index in [1.807, 2.05) is 19.1 Å². The van der Waals surface area contributed by atoms with Crippen LogP contribution < -0.4 is 15.8 Å². The van der Waals surface area contributed by atoms with E-state index in [0.717, 1.165) is 17.0 Å². The zero-order valence-corrected chi connectivity index (χ0v) is 9.20. The van der Waals surface area contributed by atoms with Crippen LogP contribution >= 0.6 is 0 Å². The van der Waals surface area contributed by atoms with Crippen molar-refractivity contribution < 1.29 is 9.53 Å². The summed E-state index contributed by atoms with van der Waals surface area (Å²) in [5.74, 6) is 0.605. The van der Waals surface area contributed by atoms with E-state index in [1.54, 1.807) is 20.1 Å². The minimum absolute atomic E-state index is 0.195. The van der Waals surface area contributed by atoms with E-state index in [0.29, 0.717) is 0 Å². The molecule has 0 saturated carbocycles. The summed E-state index contributed by atoms with van der Waals surface area (Å²) in [6, 6.07) is 4.93. The number of carbonyl (C=O) groups is 1. The van der Waals surface area contributed by atoms with Gasteiger partial charge in [-0.05, 0) is 37.6 Å². The Kier molecular flexibility index (Phi) is 3.68. The van der Waals surface area contributed by atoms with Gasteiger partial charge in [-0.2, -0.15) is 0 Å². The molecule has 0 aliphatic carbocycles. The van der Waals surface area contributed by atoms with Gasteiger partial charge in [0.05, 0.1) is 13.2 Å². The number of aryl methyl sites for hydroxylation is 1. The Morgan fingerprint density at radius 3 is 2.67 bits per heavy atom. The number of amides is 1. The Bertz CT molecular complexity index is 362. The molecule has 0 aliphatic rings. The van der Waals surface area contributed by atoms with E-state index in [2.05, 4.69) is 5.32 Å². The second-order valence-corrected chi connectivity index (χ2v) is 3.46. The van der Waals surface area contributed by atoms with E-state index in [9.17, 15) is 4.79 Å². The zero-order valence-electron chi connectivity index (χ0n) is 9.20. The zero-order chi connectivity index (χ0) is 11.4. The molecule has 1 aromatic rings. The average molecular weight is 208 g/mol. The number of nitrogens with one attached hydrogen (secondary N) is 1. The number of anilines is 1. The monoisotopic (exact) mass is 208 g/mol. The van der Waals surface area contributed by atoms with Crippen molar-refractivity contribution >= 4 is 11.6 Å². The molecule has 4 nitrogen and oxygen atoms in total. The molecule has 0 aliphatic heterocycles. The van der Waals surface area contributed by atoms with E-state index in [4.69, 9.17) is 10.5 Å². The molecular weight excluding hydrogens is 192 g/mol. The van der Waals surface area contributed by atoms with Crippen LogP contribution in [0, 0.1) is 6.92 Å². The molecule has 1 aromatic carbocycles. The Hall–Kier alpha value is -1.55. The third-order valence-corrected chi connectivity index (χ3v) is 2.08. The number of benzene rings is 1. The van der Waals surface area contributed by atoms with Gasteiger partial charge in [-0.15, -0.1) is 0 Å². The van der Waals surface area contributed by atoms with Gasteiger partial charge in [0.1, 0.15) is 5.75 Å². The van der Waals surface area contributed by atoms with Crippen molar-refractivity contribution in [2.45, 2.75) is 19.9 Å². The summed E-state index contributed by atoms with van der Waals surface area (Å²) in [4.78, 5) is 11.3. The molecule has 4 heteroatoms. The molecule has 0 heterocycles. The van der Waals surface area contributed by atoms with Crippen molar-refractivity contribution in [3.05, 3.63) is 23.8 Å². The predicted octanol–water partition coefficient (Wildman–Crippen LogP) is 1.29. The van der Waals surface area contributed by atoms with E-state index >= 15 is 0 Å². The highest BCUT2D eigenvalue weighted by atomic mass is 16.5. The van der Waals surface area contributed by atoms with Crippen LogP contribution in [0.1, 0.15) is 12.5 Å². The van der Waals surface area contributed by atoms with E-state index in [1.165, 1.54) is 0 Å². The maximum Gasteiger partial charge on any atom is 0.240 e. The Morgan fingerprint density at radius 1 is 1.53 bits per heavy atom. The molecular formula is C11H16N2O2. The van der Waals surface area contributed by atoms with E-state index in [-0.39, 0.29) is 5.91 Å². The number of carbonyl (C=O) groups excluding carboxylic acids is 1. The Labute approximate surface area is 89.4 Å². The molecule has 82 valence electrons. The summed E-state index contributed by atoms with van der Waals surface area (Å²) < 4.78 is 5.11. The van der Waals surface area contributed by atoms with Crippen LogP contribution in [0.15, 0.2) is 18.2 Å². The first-order chi connectivity index (χ1) is 7.04. The molecule has 0 saturated heterocycles. The van der Waals surface area contributed by atoms with Gasteiger partial charge in [0.2, 0.25) is 5.91 Å². The summed E-state index contributed by atoms with van der Waals surface area (Å²) in [7, 11) is 1.61.